The molecule has 2 aromatic heterocycles. The number of nitrogens with one attached hydrogen (secondary N) is 1. The number of carbonyl (C=O) groups excluding carboxylic acids is 1. The quantitative estimate of drug-likeness (QED) is 0.664. The van der Waals surface area contributed by atoms with Crippen molar-refractivity contribution in [3.8, 4) is 0 Å². The lowest BCUT2D eigenvalue weighted by Gasteiger charge is -2.38. The number of piperazine rings is 1. The summed E-state index contributed by atoms with van der Waals surface area (Å²) in [6.45, 7) is 5.97. The Morgan fingerprint density at radius 3 is 2.77 bits per heavy atom. The maximum absolute atomic E-state index is 13.6. The van der Waals surface area contributed by atoms with Gasteiger partial charge in [0.05, 0.1) is 21.5 Å². The molecule has 7 nitrogen and oxygen atoms in total. The first-order valence-electron chi connectivity index (χ1n) is 11.1. The molecule has 9 heteroatoms. The molecule has 4 heterocycles. The third-order valence-corrected chi connectivity index (χ3v) is 8.54. The molecule has 1 amide bonds. The van der Waals surface area contributed by atoms with Crippen molar-refractivity contribution in [2.75, 3.05) is 37.6 Å². The lowest BCUT2D eigenvalue weighted by molar-refractivity contribution is -0.133. The third-order valence-electron chi connectivity index (χ3n) is 6.84. The second kappa shape index (κ2) is 8.77. The van der Waals surface area contributed by atoms with Gasteiger partial charge in [0.1, 0.15) is 12.1 Å². The molecule has 2 aromatic rings. The van der Waals surface area contributed by atoms with E-state index in [0.29, 0.717) is 19.5 Å². The lowest BCUT2D eigenvalue weighted by Crippen LogP contribution is -2.52. The predicted octanol–water partition coefficient (Wildman–Crippen LogP) is 3.03. The number of thiophene rings is 1. The van der Waals surface area contributed by atoms with Crippen molar-refractivity contribution in [1.29, 1.82) is 0 Å². The maximum atomic E-state index is 13.6. The number of rotatable bonds is 4. The van der Waals surface area contributed by atoms with E-state index in [2.05, 4.69) is 49.1 Å². The number of amides is 1. The molecule has 31 heavy (non-hydrogen) atoms. The van der Waals surface area contributed by atoms with Gasteiger partial charge in [0, 0.05) is 42.7 Å². The van der Waals surface area contributed by atoms with Crippen LogP contribution in [-0.4, -0.2) is 64.6 Å². The smallest absolute Gasteiger partial charge is 0.232 e. The molecule has 2 saturated heterocycles. The molecule has 166 valence electrons. The number of anilines is 1. The number of fused-ring (bicyclic) bond motifs is 1. The van der Waals surface area contributed by atoms with Gasteiger partial charge in [0.2, 0.25) is 5.91 Å². The second-order valence-corrected chi connectivity index (χ2v) is 11.3. The number of aliphatic hydroxyl groups excluding tert-OH is 1. The van der Waals surface area contributed by atoms with Crippen LogP contribution < -0.4 is 10.2 Å². The Balaban J connectivity index is 1.32. The highest BCUT2D eigenvalue weighted by molar-refractivity contribution is 9.11. The average molecular weight is 506 g/mol. The fourth-order valence-electron chi connectivity index (χ4n) is 5.27. The Bertz CT molecular complexity index is 955. The summed E-state index contributed by atoms with van der Waals surface area (Å²) in [5, 5.41) is 13.8. The molecule has 0 saturated carbocycles. The molecule has 0 aromatic carbocycles. The lowest BCUT2D eigenvalue weighted by atomic mass is 9.94. The van der Waals surface area contributed by atoms with Crippen LogP contribution in [0.15, 0.2) is 22.2 Å². The Labute approximate surface area is 195 Å². The van der Waals surface area contributed by atoms with Crippen molar-refractivity contribution >= 4 is 39.0 Å². The van der Waals surface area contributed by atoms with Gasteiger partial charge in [-0.2, -0.15) is 0 Å². The van der Waals surface area contributed by atoms with Crippen molar-refractivity contribution in [2.45, 2.75) is 50.2 Å². The first kappa shape index (κ1) is 21.3. The second-order valence-electron chi connectivity index (χ2n) is 8.78. The van der Waals surface area contributed by atoms with Crippen molar-refractivity contribution < 1.29 is 9.90 Å². The topological polar surface area (TPSA) is 81.6 Å². The van der Waals surface area contributed by atoms with Crippen molar-refractivity contribution in [2.24, 2.45) is 0 Å². The Kier molecular flexibility index (Phi) is 6.02. The molecular weight excluding hydrogens is 478 g/mol. The van der Waals surface area contributed by atoms with E-state index in [9.17, 15) is 9.90 Å². The summed E-state index contributed by atoms with van der Waals surface area (Å²) < 4.78 is 1.07. The fourth-order valence-corrected chi connectivity index (χ4v) is 6.86. The van der Waals surface area contributed by atoms with Crippen LogP contribution in [0.5, 0.6) is 0 Å². The van der Waals surface area contributed by atoms with Crippen LogP contribution in [0.2, 0.25) is 0 Å². The molecule has 0 bridgehead atoms. The van der Waals surface area contributed by atoms with Crippen LogP contribution in [0.25, 0.3) is 0 Å². The highest BCUT2D eigenvalue weighted by Gasteiger charge is 2.38. The highest BCUT2D eigenvalue weighted by Crippen LogP contribution is 2.43. The largest absolute Gasteiger partial charge is 0.387 e. The van der Waals surface area contributed by atoms with Crippen LogP contribution in [0.4, 0.5) is 5.82 Å². The van der Waals surface area contributed by atoms with E-state index in [0.717, 1.165) is 58.2 Å². The summed E-state index contributed by atoms with van der Waals surface area (Å²) in [5.74, 6) is 1.28. The molecular formula is C22H28BrN5O2S. The first-order chi connectivity index (χ1) is 15.0. The van der Waals surface area contributed by atoms with Crippen LogP contribution in [0.3, 0.4) is 0 Å². The molecule has 2 N–H and O–H groups in total. The highest BCUT2D eigenvalue weighted by atomic mass is 79.9. The minimum Gasteiger partial charge on any atom is -0.387 e. The summed E-state index contributed by atoms with van der Waals surface area (Å²) in [6, 6.07) is 4.34. The van der Waals surface area contributed by atoms with Gasteiger partial charge in [0.15, 0.2) is 0 Å². The zero-order valence-electron chi connectivity index (χ0n) is 17.6. The molecule has 0 radical (unpaired) electrons. The van der Waals surface area contributed by atoms with E-state index >= 15 is 0 Å². The van der Waals surface area contributed by atoms with Crippen molar-refractivity contribution in [1.82, 2.24) is 20.2 Å². The Morgan fingerprint density at radius 1 is 1.29 bits per heavy atom. The van der Waals surface area contributed by atoms with Gasteiger partial charge in [-0.15, -0.1) is 11.3 Å². The average Bonchev–Trinajstić information content (AvgIpc) is 3.51. The molecule has 2 aliphatic heterocycles. The van der Waals surface area contributed by atoms with E-state index in [4.69, 9.17) is 0 Å². The minimum absolute atomic E-state index is 0.121. The van der Waals surface area contributed by atoms with Gasteiger partial charge in [-0.1, -0.05) is 6.92 Å². The Hall–Kier alpha value is -1.55. The summed E-state index contributed by atoms with van der Waals surface area (Å²) >= 11 is 5.22. The van der Waals surface area contributed by atoms with Crippen molar-refractivity contribution in [3.63, 3.8) is 0 Å². The van der Waals surface area contributed by atoms with E-state index in [-0.39, 0.29) is 23.8 Å². The zero-order chi connectivity index (χ0) is 21.5. The van der Waals surface area contributed by atoms with E-state index in [1.807, 2.05) is 11.0 Å². The minimum atomic E-state index is -0.501. The van der Waals surface area contributed by atoms with Crippen LogP contribution in [0.1, 0.15) is 60.3 Å². The van der Waals surface area contributed by atoms with E-state index in [1.165, 1.54) is 0 Å². The van der Waals surface area contributed by atoms with Gasteiger partial charge in [-0.3, -0.25) is 4.79 Å². The molecule has 3 aliphatic rings. The molecule has 1 aliphatic carbocycles. The van der Waals surface area contributed by atoms with Crippen molar-refractivity contribution in [3.05, 3.63) is 38.4 Å². The number of halogens is 1. The molecule has 4 atom stereocenters. The fraction of sp³-hybridized carbons (Fsp3) is 0.591. The van der Waals surface area contributed by atoms with E-state index in [1.54, 1.807) is 17.7 Å². The van der Waals surface area contributed by atoms with E-state index < -0.39 is 6.10 Å². The number of hydrogen-bond donors (Lipinski definition) is 2. The number of aromatic nitrogens is 2. The maximum Gasteiger partial charge on any atom is 0.232 e. The number of carbonyl (C=O) groups is 1. The van der Waals surface area contributed by atoms with Crippen LogP contribution >= 0.6 is 27.3 Å². The number of hydrogen-bond acceptors (Lipinski definition) is 7. The standard InChI is InChI=1S/C22H28BrN5O2S/c1-13-11-15(29)20-18(13)21(26-12-25-20)27-7-9-28(10-8-27)22(30)19(14-3-2-6-24-14)16-4-5-17(23)31-16/h4-5,12-15,19,24,29H,2-3,6-11H2,1H3/t13-,14?,15-,19?/m1/s1. The van der Waals surface area contributed by atoms with Gasteiger partial charge < -0.3 is 20.2 Å². The zero-order valence-corrected chi connectivity index (χ0v) is 20.0. The molecule has 2 fully saturated rings. The van der Waals surface area contributed by atoms with Crippen LogP contribution in [0, 0.1) is 0 Å². The van der Waals surface area contributed by atoms with Crippen LogP contribution in [-0.2, 0) is 4.79 Å². The predicted molar refractivity (Wildman–Crippen MR) is 125 cm³/mol. The molecule has 2 unspecified atom stereocenters. The number of aliphatic hydroxyl groups is 1. The third kappa shape index (κ3) is 4.01. The van der Waals surface area contributed by atoms with Gasteiger partial charge in [0.25, 0.3) is 0 Å². The normalized spacial score (nSPS) is 26.9. The van der Waals surface area contributed by atoms with Gasteiger partial charge >= 0.3 is 0 Å². The summed E-state index contributed by atoms with van der Waals surface area (Å²) in [7, 11) is 0. The first-order valence-corrected chi connectivity index (χ1v) is 12.7. The summed E-state index contributed by atoms with van der Waals surface area (Å²) in [6.07, 6.45) is 3.92. The SMILES string of the molecule is C[C@@H]1C[C@@H](O)c2ncnc(N3CCN(C(=O)C(c4ccc(Br)s4)C4CCCN4)CC3)c21. The van der Waals surface area contributed by atoms with Gasteiger partial charge in [-0.25, -0.2) is 9.97 Å². The summed E-state index contributed by atoms with van der Waals surface area (Å²) in [5.41, 5.74) is 1.85. The number of nitrogens with zero attached hydrogens (tertiary/aromatic N) is 4. The monoisotopic (exact) mass is 505 g/mol. The Morgan fingerprint density at radius 2 is 2.10 bits per heavy atom. The molecule has 0 spiro atoms. The van der Waals surface area contributed by atoms with Gasteiger partial charge in [-0.05, 0) is 59.8 Å². The summed E-state index contributed by atoms with van der Waals surface area (Å²) in [4.78, 5) is 27.9. The molecule has 5 rings (SSSR count).